The zero-order valence-electron chi connectivity index (χ0n) is 7.80. The maximum atomic E-state index is 2.44. The van der Waals surface area contributed by atoms with Crippen LogP contribution in [0.2, 0.25) is 0 Å². The normalized spacial score (nSPS) is 19.5. The Morgan fingerprint density at radius 3 is 2.73 bits per heavy atom. The van der Waals surface area contributed by atoms with E-state index in [1.54, 1.807) is 5.57 Å². The van der Waals surface area contributed by atoms with Crippen molar-refractivity contribution >= 4 is 0 Å². The molecule has 0 aliphatic carbocycles. The van der Waals surface area contributed by atoms with Gasteiger partial charge in [-0.05, 0) is 26.2 Å². The Balaban J connectivity index is 2.28. The monoisotopic (exact) mass is 154 g/mol. The first kappa shape index (κ1) is 8.75. The van der Waals surface area contributed by atoms with Crippen molar-refractivity contribution in [2.24, 2.45) is 0 Å². The molecule has 64 valence electrons. The summed E-state index contributed by atoms with van der Waals surface area (Å²) in [6.07, 6.45) is 2.35. The van der Waals surface area contributed by atoms with Crippen LogP contribution in [0, 0.1) is 0 Å². The molecule has 0 unspecified atom stereocenters. The van der Waals surface area contributed by atoms with E-state index in [2.05, 4.69) is 36.9 Å². The topological polar surface area (TPSA) is 6.48 Å². The molecular weight excluding hydrogens is 136 g/mol. The van der Waals surface area contributed by atoms with Crippen LogP contribution in [0.4, 0.5) is 0 Å². The summed E-state index contributed by atoms with van der Waals surface area (Å²) in [6.45, 7) is 6.84. The van der Waals surface area contributed by atoms with Crippen LogP contribution in [0.1, 0.15) is 6.92 Å². The summed E-state index contributed by atoms with van der Waals surface area (Å²) >= 11 is 0. The summed E-state index contributed by atoms with van der Waals surface area (Å²) in [5.41, 5.74) is 1.57. The van der Waals surface area contributed by atoms with Crippen molar-refractivity contribution in [3.63, 3.8) is 0 Å². The molecule has 0 saturated carbocycles. The summed E-state index contributed by atoms with van der Waals surface area (Å²) < 4.78 is 0. The number of hydrogen-bond donors (Lipinski definition) is 0. The Morgan fingerprint density at radius 2 is 2.27 bits per heavy atom. The smallest absolute Gasteiger partial charge is 0.0209 e. The largest absolute Gasteiger partial charge is 0.305 e. The summed E-state index contributed by atoms with van der Waals surface area (Å²) in [5.74, 6) is 0. The average Bonchev–Trinajstić information content (AvgIpc) is 2.34. The number of hydrogen-bond acceptors (Lipinski definition) is 2. The van der Waals surface area contributed by atoms with Crippen molar-refractivity contribution in [1.29, 1.82) is 0 Å². The third-order valence-corrected chi connectivity index (χ3v) is 2.03. The first-order valence-electron chi connectivity index (χ1n) is 4.27. The highest BCUT2D eigenvalue weighted by Crippen LogP contribution is 2.08. The van der Waals surface area contributed by atoms with Gasteiger partial charge in [-0.15, -0.1) is 0 Å². The van der Waals surface area contributed by atoms with E-state index in [0.29, 0.717) is 0 Å². The molecule has 1 heterocycles. The van der Waals surface area contributed by atoms with E-state index >= 15 is 0 Å². The minimum Gasteiger partial charge on any atom is -0.305 e. The zero-order chi connectivity index (χ0) is 8.27. The quantitative estimate of drug-likeness (QED) is 0.555. The average molecular weight is 154 g/mol. The second-order valence-electron chi connectivity index (χ2n) is 3.43. The fourth-order valence-corrected chi connectivity index (χ4v) is 1.44. The molecule has 0 fully saturated rings. The van der Waals surface area contributed by atoms with E-state index in [1.807, 2.05) is 0 Å². The van der Waals surface area contributed by atoms with E-state index in [0.717, 1.165) is 13.1 Å². The van der Waals surface area contributed by atoms with Gasteiger partial charge in [-0.1, -0.05) is 13.0 Å². The molecule has 0 spiro atoms. The standard InChI is InChI=1S/C9H18N2/c1-4-11-6-5-9(8-11)7-10(2)3/h5H,4,6-8H2,1-3H3. The third kappa shape index (κ3) is 2.64. The van der Waals surface area contributed by atoms with Crippen molar-refractivity contribution in [2.45, 2.75) is 6.92 Å². The van der Waals surface area contributed by atoms with Crippen LogP contribution in [0.5, 0.6) is 0 Å². The molecule has 0 bridgehead atoms. The van der Waals surface area contributed by atoms with E-state index in [9.17, 15) is 0 Å². The lowest BCUT2D eigenvalue weighted by molar-refractivity contribution is 0.356. The van der Waals surface area contributed by atoms with Gasteiger partial charge in [0.15, 0.2) is 0 Å². The van der Waals surface area contributed by atoms with Crippen molar-refractivity contribution in [3.05, 3.63) is 11.6 Å². The van der Waals surface area contributed by atoms with E-state index < -0.39 is 0 Å². The molecule has 1 aliphatic rings. The molecular formula is C9H18N2. The molecule has 0 amide bonds. The Labute approximate surface area is 69.5 Å². The Bertz CT molecular complexity index is 150. The van der Waals surface area contributed by atoms with Gasteiger partial charge in [0, 0.05) is 19.6 Å². The minimum atomic E-state index is 1.12. The van der Waals surface area contributed by atoms with Gasteiger partial charge in [-0.25, -0.2) is 0 Å². The maximum absolute atomic E-state index is 2.44. The third-order valence-electron chi connectivity index (χ3n) is 2.03. The molecule has 0 aromatic rings. The summed E-state index contributed by atoms with van der Waals surface area (Å²) in [6, 6.07) is 0. The van der Waals surface area contributed by atoms with Gasteiger partial charge >= 0.3 is 0 Å². The van der Waals surface area contributed by atoms with Gasteiger partial charge in [0.1, 0.15) is 0 Å². The van der Waals surface area contributed by atoms with Crippen molar-refractivity contribution in [2.75, 3.05) is 40.3 Å². The van der Waals surface area contributed by atoms with E-state index in [4.69, 9.17) is 0 Å². The van der Waals surface area contributed by atoms with Crippen LogP contribution in [0.15, 0.2) is 11.6 Å². The first-order valence-corrected chi connectivity index (χ1v) is 4.27. The summed E-state index contributed by atoms with van der Waals surface area (Å²) in [5, 5.41) is 0. The molecule has 0 atom stereocenters. The van der Waals surface area contributed by atoms with Crippen molar-refractivity contribution in [3.8, 4) is 0 Å². The highest BCUT2D eigenvalue weighted by Gasteiger charge is 2.11. The van der Waals surface area contributed by atoms with Crippen LogP contribution < -0.4 is 0 Å². The zero-order valence-corrected chi connectivity index (χ0v) is 7.80. The molecule has 0 N–H and O–H groups in total. The van der Waals surface area contributed by atoms with Crippen molar-refractivity contribution < 1.29 is 0 Å². The SMILES string of the molecule is CCN1CC=C(CN(C)C)C1. The highest BCUT2D eigenvalue weighted by molar-refractivity contribution is 5.13. The molecule has 2 heteroatoms. The summed E-state index contributed by atoms with van der Waals surface area (Å²) in [7, 11) is 4.24. The predicted molar refractivity (Wildman–Crippen MR) is 48.8 cm³/mol. The molecule has 0 saturated heterocycles. The second-order valence-corrected chi connectivity index (χ2v) is 3.43. The van der Waals surface area contributed by atoms with E-state index in [-0.39, 0.29) is 0 Å². The molecule has 0 aromatic carbocycles. The fourth-order valence-electron chi connectivity index (χ4n) is 1.44. The van der Waals surface area contributed by atoms with E-state index in [1.165, 1.54) is 13.1 Å². The molecule has 2 nitrogen and oxygen atoms in total. The van der Waals surface area contributed by atoms with Gasteiger partial charge in [-0.2, -0.15) is 0 Å². The van der Waals surface area contributed by atoms with Gasteiger partial charge in [0.05, 0.1) is 0 Å². The van der Waals surface area contributed by atoms with Gasteiger partial charge in [-0.3, -0.25) is 4.90 Å². The number of likely N-dealkylation sites (N-methyl/N-ethyl adjacent to an activating group) is 2. The number of rotatable bonds is 3. The van der Waals surface area contributed by atoms with Crippen molar-refractivity contribution in [1.82, 2.24) is 9.80 Å². The maximum Gasteiger partial charge on any atom is 0.0209 e. The van der Waals surface area contributed by atoms with Gasteiger partial charge in [0.25, 0.3) is 0 Å². The molecule has 0 radical (unpaired) electrons. The van der Waals surface area contributed by atoms with Crippen LogP contribution in [-0.4, -0.2) is 50.1 Å². The molecule has 11 heavy (non-hydrogen) atoms. The lowest BCUT2D eigenvalue weighted by Crippen LogP contribution is -2.23. The second kappa shape index (κ2) is 3.88. The lowest BCUT2D eigenvalue weighted by Gasteiger charge is -2.14. The fraction of sp³-hybridized carbons (Fsp3) is 0.778. The Hall–Kier alpha value is -0.340. The number of nitrogens with zero attached hydrogens (tertiary/aromatic N) is 2. The van der Waals surface area contributed by atoms with Crippen LogP contribution in [0.3, 0.4) is 0 Å². The van der Waals surface area contributed by atoms with Gasteiger partial charge in [0.2, 0.25) is 0 Å². The summed E-state index contributed by atoms with van der Waals surface area (Å²) in [4.78, 5) is 4.67. The molecule has 1 rings (SSSR count). The van der Waals surface area contributed by atoms with Crippen LogP contribution in [-0.2, 0) is 0 Å². The van der Waals surface area contributed by atoms with Crippen LogP contribution >= 0.6 is 0 Å². The van der Waals surface area contributed by atoms with Crippen LogP contribution in [0.25, 0.3) is 0 Å². The Morgan fingerprint density at radius 1 is 1.55 bits per heavy atom. The molecule has 0 aromatic heterocycles. The lowest BCUT2D eigenvalue weighted by atomic mass is 10.3. The van der Waals surface area contributed by atoms with Gasteiger partial charge < -0.3 is 4.90 Å². The minimum absolute atomic E-state index is 1.12. The Kier molecular flexibility index (Phi) is 3.09. The first-order chi connectivity index (χ1) is 5.22. The predicted octanol–water partition coefficient (Wildman–Crippen LogP) is 0.810. The molecule has 1 aliphatic heterocycles. The highest BCUT2D eigenvalue weighted by atomic mass is 15.1.